The second-order valence-corrected chi connectivity index (χ2v) is 6.27. The maximum absolute atomic E-state index is 12.8. The lowest BCUT2D eigenvalue weighted by Crippen LogP contribution is -2.48. The second kappa shape index (κ2) is 4.99. The Morgan fingerprint density at radius 1 is 1.05 bits per heavy atom. The first-order chi connectivity index (χ1) is 8.84. The van der Waals surface area contributed by atoms with E-state index in [2.05, 4.69) is 0 Å². The van der Waals surface area contributed by atoms with Gasteiger partial charge in [-0.05, 0) is 46.0 Å². The lowest BCUT2D eigenvalue weighted by atomic mass is 9.81. The molecule has 2 aliphatic rings. The van der Waals surface area contributed by atoms with Gasteiger partial charge in [0.15, 0.2) is 0 Å². The Morgan fingerprint density at radius 2 is 1.53 bits per heavy atom. The van der Waals surface area contributed by atoms with E-state index in [1.807, 2.05) is 44.7 Å². The number of carbonyl (C=O) groups is 2. The van der Waals surface area contributed by atoms with Crippen LogP contribution >= 0.6 is 0 Å². The van der Waals surface area contributed by atoms with Crippen molar-refractivity contribution < 1.29 is 14.7 Å². The minimum absolute atomic E-state index is 0.00856. The number of allylic oxidation sites excluding steroid dienone is 2. The third-order valence-corrected chi connectivity index (χ3v) is 4.40. The molecule has 4 heteroatoms. The van der Waals surface area contributed by atoms with Crippen molar-refractivity contribution >= 4 is 11.9 Å². The Morgan fingerprint density at radius 3 is 1.95 bits per heavy atom. The summed E-state index contributed by atoms with van der Waals surface area (Å²) in [6, 6.07) is 0.204. The summed E-state index contributed by atoms with van der Waals surface area (Å²) in [5, 5.41) is 9.41. The van der Waals surface area contributed by atoms with Gasteiger partial charge in [-0.15, -0.1) is 0 Å². The number of carbonyl (C=O) groups excluding carboxylic acids is 1. The molecule has 2 rings (SSSR count). The van der Waals surface area contributed by atoms with E-state index in [-0.39, 0.29) is 35.7 Å². The van der Waals surface area contributed by atoms with Gasteiger partial charge >= 0.3 is 5.97 Å². The molecule has 0 aliphatic heterocycles. The molecule has 0 aromatic rings. The van der Waals surface area contributed by atoms with Crippen LogP contribution in [0, 0.1) is 23.7 Å². The highest BCUT2D eigenvalue weighted by Crippen LogP contribution is 2.49. The van der Waals surface area contributed by atoms with Gasteiger partial charge in [-0.1, -0.05) is 12.2 Å². The third-order valence-electron chi connectivity index (χ3n) is 4.40. The fraction of sp³-hybridized carbons (Fsp3) is 0.733. The van der Waals surface area contributed by atoms with E-state index < -0.39 is 11.9 Å². The first-order valence-corrected chi connectivity index (χ1v) is 7.08. The first-order valence-electron chi connectivity index (χ1n) is 7.08. The van der Waals surface area contributed by atoms with Crippen LogP contribution in [0.15, 0.2) is 12.2 Å². The average molecular weight is 265 g/mol. The van der Waals surface area contributed by atoms with E-state index in [4.69, 9.17) is 0 Å². The summed E-state index contributed by atoms with van der Waals surface area (Å²) in [7, 11) is 0. The van der Waals surface area contributed by atoms with Crippen molar-refractivity contribution in [1.29, 1.82) is 0 Å². The van der Waals surface area contributed by atoms with Crippen LogP contribution in [0.2, 0.25) is 0 Å². The Kier molecular flexibility index (Phi) is 3.70. The highest BCUT2D eigenvalue weighted by atomic mass is 16.4. The van der Waals surface area contributed by atoms with Crippen LogP contribution in [-0.2, 0) is 9.59 Å². The van der Waals surface area contributed by atoms with Crippen molar-refractivity contribution in [3.8, 4) is 0 Å². The van der Waals surface area contributed by atoms with Crippen LogP contribution < -0.4 is 0 Å². The highest BCUT2D eigenvalue weighted by Gasteiger charge is 2.52. The summed E-state index contributed by atoms with van der Waals surface area (Å²) in [6.45, 7) is 7.93. The molecular formula is C15H23NO3. The van der Waals surface area contributed by atoms with Crippen molar-refractivity contribution in [3.05, 3.63) is 12.2 Å². The number of nitrogens with zero attached hydrogens (tertiary/aromatic N) is 1. The zero-order valence-corrected chi connectivity index (χ0v) is 12.0. The van der Waals surface area contributed by atoms with Gasteiger partial charge in [0.25, 0.3) is 0 Å². The number of carboxylic acids is 1. The summed E-state index contributed by atoms with van der Waals surface area (Å²) in [5.74, 6) is -1.59. The quantitative estimate of drug-likeness (QED) is 0.792. The summed E-state index contributed by atoms with van der Waals surface area (Å²) in [5.41, 5.74) is 0. The van der Waals surface area contributed by atoms with Gasteiger partial charge in [0.2, 0.25) is 5.91 Å². The Balaban J connectivity index is 2.27. The smallest absolute Gasteiger partial charge is 0.307 e. The molecule has 0 aromatic carbocycles. The second-order valence-electron chi connectivity index (χ2n) is 6.27. The highest BCUT2D eigenvalue weighted by molar-refractivity contribution is 5.87. The molecule has 4 nitrogen and oxygen atoms in total. The van der Waals surface area contributed by atoms with Gasteiger partial charge in [-0.25, -0.2) is 0 Å². The van der Waals surface area contributed by atoms with E-state index in [1.54, 1.807) is 0 Å². The van der Waals surface area contributed by atoms with Gasteiger partial charge in [0, 0.05) is 12.1 Å². The SMILES string of the molecule is CC(C)N(C(=O)C1C2C=CC(C2)C1C(=O)O)C(C)C. The lowest BCUT2D eigenvalue weighted by Gasteiger charge is -2.36. The normalized spacial score (nSPS) is 32.3. The van der Waals surface area contributed by atoms with E-state index in [0.29, 0.717) is 0 Å². The van der Waals surface area contributed by atoms with Gasteiger partial charge in [0.05, 0.1) is 11.8 Å². The van der Waals surface area contributed by atoms with Crippen LogP contribution in [0.4, 0.5) is 0 Å². The Hall–Kier alpha value is -1.32. The summed E-state index contributed by atoms with van der Waals surface area (Å²) in [4.78, 5) is 26.1. The number of aliphatic carboxylic acids is 1. The molecular weight excluding hydrogens is 242 g/mol. The van der Waals surface area contributed by atoms with Gasteiger partial charge in [0.1, 0.15) is 0 Å². The molecule has 106 valence electrons. The molecule has 2 aliphatic carbocycles. The molecule has 19 heavy (non-hydrogen) atoms. The zero-order chi connectivity index (χ0) is 14.3. The minimum Gasteiger partial charge on any atom is -0.481 e. The van der Waals surface area contributed by atoms with Crippen molar-refractivity contribution in [1.82, 2.24) is 4.90 Å². The molecule has 4 atom stereocenters. The van der Waals surface area contributed by atoms with Gasteiger partial charge in [-0.3, -0.25) is 9.59 Å². The monoisotopic (exact) mass is 265 g/mol. The van der Waals surface area contributed by atoms with Crippen molar-refractivity contribution in [2.45, 2.75) is 46.2 Å². The molecule has 0 saturated heterocycles. The number of rotatable bonds is 4. The lowest BCUT2D eigenvalue weighted by molar-refractivity contribution is -0.152. The standard InChI is InChI=1S/C15H23NO3/c1-8(2)16(9(3)4)14(17)12-10-5-6-11(7-10)13(12)15(18)19/h5-6,8-13H,7H2,1-4H3,(H,18,19). The van der Waals surface area contributed by atoms with Gasteiger partial charge < -0.3 is 10.0 Å². The maximum Gasteiger partial charge on any atom is 0.307 e. The fourth-order valence-electron chi connectivity index (χ4n) is 3.77. The minimum atomic E-state index is -0.831. The van der Waals surface area contributed by atoms with Crippen LogP contribution in [0.5, 0.6) is 0 Å². The van der Waals surface area contributed by atoms with Crippen molar-refractivity contribution in [2.75, 3.05) is 0 Å². The van der Waals surface area contributed by atoms with E-state index in [0.717, 1.165) is 6.42 Å². The number of hydrogen-bond donors (Lipinski definition) is 1. The average Bonchev–Trinajstić information content (AvgIpc) is 2.86. The Bertz CT molecular complexity index is 406. The molecule has 4 unspecified atom stereocenters. The zero-order valence-electron chi connectivity index (χ0n) is 12.0. The van der Waals surface area contributed by atoms with Gasteiger partial charge in [-0.2, -0.15) is 0 Å². The molecule has 0 radical (unpaired) electrons. The fourth-order valence-corrected chi connectivity index (χ4v) is 3.77. The van der Waals surface area contributed by atoms with Crippen LogP contribution in [0.3, 0.4) is 0 Å². The number of hydrogen-bond acceptors (Lipinski definition) is 2. The summed E-state index contributed by atoms with van der Waals surface area (Å²) in [6.07, 6.45) is 4.82. The molecule has 1 N–H and O–H groups in total. The largest absolute Gasteiger partial charge is 0.481 e. The van der Waals surface area contributed by atoms with E-state index in [1.165, 1.54) is 0 Å². The molecule has 0 aromatic heterocycles. The Labute approximate surface area is 114 Å². The van der Waals surface area contributed by atoms with Crippen LogP contribution in [0.25, 0.3) is 0 Å². The number of fused-ring (bicyclic) bond motifs is 2. The molecule has 1 saturated carbocycles. The summed E-state index contributed by atoms with van der Waals surface area (Å²) >= 11 is 0. The number of amides is 1. The van der Waals surface area contributed by atoms with Crippen LogP contribution in [-0.4, -0.2) is 34.0 Å². The molecule has 1 fully saturated rings. The first kappa shape index (κ1) is 14.1. The number of carboxylic acid groups (broad SMARTS) is 1. The third kappa shape index (κ3) is 2.28. The van der Waals surface area contributed by atoms with Crippen LogP contribution in [0.1, 0.15) is 34.1 Å². The summed E-state index contributed by atoms with van der Waals surface area (Å²) < 4.78 is 0. The molecule has 1 amide bonds. The van der Waals surface area contributed by atoms with Crippen molar-refractivity contribution in [3.63, 3.8) is 0 Å². The van der Waals surface area contributed by atoms with E-state index in [9.17, 15) is 14.7 Å². The molecule has 2 bridgehead atoms. The maximum atomic E-state index is 12.8. The molecule has 0 heterocycles. The topological polar surface area (TPSA) is 57.6 Å². The van der Waals surface area contributed by atoms with E-state index >= 15 is 0 Å². The predicted molar refractivity (Wildman–Crippen MR) is 72.5 cm³/mol. The predicted octanol–water partition coefficient (Wildman–Crippen LogP) is 2.15. The molecule has 0 spiro atoms. The van der Waals surface area contributed by atoms with Crippen molar-refractivity contribution in [2.24, 2.45) is 23.7 Å².